The van der Waals surface area contributed by atoms with Gasteiger partial charge in [0.15, 0.2) is 0 Å². The van der Waals surface area contributed by atoms with Crippen molar-refractivity contribution in [2.45, 2.75) is 25.7 Å². The van der Waals surface area contributed by atoms with Crippen LogP contribution in [0.3, 0.4) is 0 Å². The van der Waals surface area contributed by atoms with E-state index in [0.29, 0.717) is 12.1 Å². The molecule has 0 fully saturated rings. The van der Waals surface area contributed by atoms with Gasteiger partial charge in [0.1, 0.15) is 0 Å². The highest BCUT2D eigenvalue weighted by molar-refractivity contribution is 5.98. The van der Waals surface area contributed by atoms with Crippen LogP contribution in [0.2, 0.25) is 0 Å². The fourth-order valence-electron chi connectivity index (χ4n) is 2.09. The van der Waals surface area contributed by atoms with Crippen LogP contribution in [0.25, 0.3) is 10.9 Å². The molecule has 0 atom stereocenters. The van der Waals surface area contributed by atoms with Crippen LogP contribution < -0.4 is 5.32 Å². The lowest BCUT2D eigenvalue weighted by molar-refractivity contribution is 0.0953. The van der Waals surface area contributed by atoms with Crippen molar-refractivity contribution in [1.82, 2.24) is 10.3 Å². The molecule has 0 unspecified atom stereocenters. The first kappa shape index (κ1) is 13.6. The predicted octanol–water partition coefficient (Wildman–Crippen LogP) is 2.45. The van der Waals surface area contributed by atoms with Crippen LogP contribution in [0.1, 0.15) is 36.0 Å². The Hall–Kier alpha value is -1.81. The van der Waals surface area contributed by atoms with Gasteiger partial charge < -0.3 is 15.4 Å². The van der Waals surface area contributed by atoms with Crippen molar-refractivity contribution < 1.29 is 9.90 Å². The number of aliphatic hydroxyl groups is 1. The number of aromatic nitrogens is 1. The maximum Gasteiger partial charge on any atom is 0.251 e. The Balaban J connectivity index is 1.79. The van der Waals surface area contributed by atoms with Gasteiger partial charge in [-0.25, -0.2) is 0 Å². The highest BCUT2D eigenvalue weighted by atomic mass is 16.2. The average Bonchev–Trinajstić information content (AvgIpc) is 2.89. The number of fused-ring (bicyclic) bond motifs is 1. The Bertz CT molecular complexity index is 534. The van der Waals surface area contributed by atoms with Crippen molar-refractivity contribution in [3.8, 4) is 0 Å². The van der Waals surface area contributed by atoms with E-state index in [-0.39, 0.29) is 12.5 Å². The number of unbranched alkanes of at least 4 members (excludes halogenated alkanes) is 3. The van der Waals surface area contributed by atoms with Crippen molar-refractivity contribution in [2.75, 3.05) is 13.2 Å². The summed E-state index contributed by atoms with van der Waals surface area (Å²) in [4.78, 5) is 15.0. The summed E-state index contributed by atoms with van der Waals surface area (Å²) in [6.07, 6.45) is 5.73. The number of benzene rings is 1. The molecular weight excluding hydrogens is 240 g/mol. The topological polar surface area (TPSA) is 65.1 Å². The molecule has 0 spiro atoms. The second-order valence-corrected chi connectivity index (χ2v) is 4.67. The van der Waals surface area contributed by atoms with E-state index in [2.05, 4.69) is 10.3 Å². The molecule has 102 valence electrons. The second-order valence-electron chi connectivity index (χ2n) is 4.67. The first-order chi connectivity index (χ1) is 9.31. The molecule has 0 radical (unpaired) electrons. The van der Waals surface area contributed by atoms with Gasteiger partial charge in [-0.15, -0.1) is 0 Å². The monoisotopic (exact) mass is 260 g/mol. The SMILES string of the molecule is O=C(NCCCCCCO)c1ccc2[nH]ccc2c1. The first-order valence-corrected chi connectivity index (χ1v) is 6.77. The van der Waals surface area contributed by atoms with E-state index in [1.165, 1.54) is 0 Å². The van der Waals surface area contributed by atoms with Gasteiger partial charge in [-0.05, 0) is 37.1 Å². The van der Waals surface area contributed by atoms with E-state index in [4.69, 9.17) is 5.11 Å². The number of amides is 1. The van der Waals surface area contributed by atoms with Crippen LogP contribution in [-0.2, 0) is 0 Å². The maximum absolute atomic E-state index is 11.9. The quantitative estimate of drug-likeness (QED) is 0.669. The number of hydrogen-bond acceptors (Lipinski definition) is 2. The van der Waals surface area contributed by atoms with Gasteiger partial charge in [0.05, 0.1) is 0 Å². The van der Waals surface area contributed by atoms with Crippen molar-refractivity contribution in [3.63, 3.8) is 0 Å². The van der Waals surface area contributed by atoms with Crippen LogP contribution in [0.5, 0.6) is 0 Å². The maximum atomic E-state index is 11.9. The van der Waals surface area contributed by atoms with E-state index >= 15 is 0 Å². The zero-order valence-electron chi connectivity index (χ0n) is 11.0. The molecule has 3 N–H and O–H groups in total. The normalized spacial score (nSPS) is 10.8. The number of carbonyl (C=O) groups excluding carboxylic acids is 1. The summed E-state index contributed by atoms with van der Waals surface area (Å²) in [6.45, 7) is 0.943. The molecule has 1 aromatic heterocycles. The summed E-state index contributed by atoms with van der Waals surface area (Å²) in [7, 11) is 0. The molecule has 0 aliphatic carbocycles. The summed E-state index contributed by atoms with van der Waals surface area (Å²) < 4.78 is 0. The molecule has 2 rings (SSSR count). The number of aromatic amines is 1. The Morgan fingerprint density at radius 3 is 2.84 bits per heavy atom. The third-order valence-electron chi connectivity index (χ3n) is 3.19. The predicted molar refractivity (Wildman–Crippen MR) is 76.2 cm³/mol. The number of nitrogens with one attached hydrogen (secondary N) is 2. The van der Waals surface area contributed by atoms with E-state index in [1.807, 2.05) is 30.5 Å². The molecule has 4 nitrogen and oxygen atoms in total. The average molecular weight is 260 g/mol. The third-order valence-corrected chi connectivity index (χ3v) is 3.19. The number of rotatable bonds is 7. The van der Waals surface area contributed by atoms with Gasteiger partial charge in [0.25, 0.3) is 5.91 Å². The van der Waals surface area contributed by atoms with E-state index in [1.54, 1.807) is 0 Å². The lowest BCUT2D eigenvalue weighted by Gasteiger charge is -2.05. The first-order valence-electron chi connectivity index (χ1n) is 6.77. The minimum absolute atomic E-state index is 0.0229. The molecular formula is C15H20N2O2. The number of carbonyl (C=O) groups is 1. The molecule has 2 aromatic rings. The van der Waals surface area contributed by atoms with Crippen molar-refractivity contribution in [3.05, 3.63) is 36.0 Å². The number of aliphatic hydroxyl groups excluding tert-OH is 1. The minimum Gasteiger partial charge on any atom is -0.396 e. The molecule has 0 bridgehead atoms. The fourth-order valence-corrected chi connectivity index (χ4v) is 2.09. The summed E-state index contributed by atoms with van der Waals surface area (Å²) in [5.74, 6) is -0.0229. The van der Waals surface area contributed by atoms with Gasteiger partial charge >= 0.3 is 0 Å². The van der Waals surface area contributed by atoms with Crippen molar-refractivity contribution in [2.24, 2.45) is 0 Å². The van der Waals surface area contributed by atoms with Crippen LogP contribution >= 0.6 is 0 Å². The van der Waals surface area contributed by atoms with Gasteiger partial charge in [0, 0.05) is 35.8 Å². The van der Waals surface area contributed by atoms with Crippen LogP contribution in [-0.4, -0.2) is 29.1 Å². The van der Waals surface area contributed by atoms with E-state index in [0.717, 1.165) is 36.6 Å². The molecule has 0 aliphatic heterocycles. The van der Waals surface area contributed by atoms with Gasteiger partial charge in [-0.2, -0.15) is 0 Å². The number of H-pyrrole nitrogens is 1. The molecule has 1 aromatic carbocycles. The lowest BCUT2D eigenvalue weighted by Crippen LogP contribution is -2.24. The minimum atomic E-state index is -0.0229. The fraction of sp³-hybridized carbons (Fsp3) is 0.400. The second kappa shape index (κ2) is 6.95. The standard InChI is InChI=1S/C15H20N2O2/c18-10-4-2-1-3-8-17-15(19)13-5-6-14-12(11-13)7-9-16-14/h5-7,9,11,16,18H,1-4,8,10H2,(H,17,19). The molecule has 0 saturated carbocycles. The third kappa shape index (κ3) is 3.83. The van der Waals surface area contributed by atoms with Gasteiger partial charge in [-0.1, -0.05) is 12.8 Å². The zero-order chi connectivity index (χ0) is 13.5. The Kier molecular flexibility index (Phi) is 4.98. The van der Waals surface area contributed by atoms with E-state index < -0.39 is 0 Å². The van der Waals surface area contributed by atoms with Gasteiger partial charge in [0.2, 0.25) is 0 Å². The molecule has 19 heavy (non-hydrogen) atoms. The highest BCUT2D eigenvalue weighted by Gasteiger charge is 2.05. The smallest absolute Gasteiger partial charge is 0.251 e. The van der Waals surface area contributed by atoms with Crippen molar-refractivity contribution >= 4 is 16.8 Å². The summed E-state index contributed by atoms with van der Waals surface area (Å²) in [5.41, 5.74) is 1.74. The van der Waals surface area contributed by atoms with Crippen molar-refractivity contribution in [1.29, 1.82) is 0 Å². The zero-order valence-corrected chi connectivity index (χ0v) is 11.0. The van der Waals surface area contributed by atoms with Crippen LogP contribution in [0.4, 0.5) is 0 Å². The molecule has 4 heteroatoms. The van der Waals surface area contributed by atoms with Crippen LogP contribution in [0.15, 0.2) is 30.5 Å². The molecule has 0 aliphatic rings. The molecule has 0 saturated heterocycles. The van der Waals surface area contributed by atoms with E-state index in [9.17, 15) is 4.79 Å². The Labute approximate surface area is 112 Å². The molecule has 1 amide bonds. The summed E-state index contributed by atoms with van der Waals surface area (Å²) in [5, 5.41) is 12.6. The highest BCUT2D eigenvalue weighted by Crippen LogP contribution is 2.14. The van der Waals surface area contributed by atoms with Crippen LogP contribution in [0, 0.1) is 0 Å². The Morgan fingerprint density at radius 1 is 1.16 bits per heavy atom. The largest absolute Gasteiger partial charge is 0.396 e. The Morgan fingerprint density at radius 2 is 2.00 bits per heavy atom. The lowest BCUT2D eigenvalue weighted by atomic mass is 10.1. The van der Waals surface area contributed by atoms with Gasteiger partial charge in [-0.3, -0.25) is 4.79 Å². The summed E-state index contributed by atoms with van der Waals surface area (Å²) in [6, 6.07) is 7.61. The summed E-state index contributed by atoms with van der Waals surface area (Å²) >= 11 is 0. The number of hydrogen-bond donors (Lipinski definition) is 3. The molecule has 1 heterocycles.